The van der Waals surface area contributed by atoms with Crippen LogP contribution in [0.4, 0.5) is 27.5 Å². The minimum atomic E-state index is -5.01. The summed E-state index contributed by atoms with van der Waals surface area (Å²) in [6, 6.07) is 24.1. The van der Waals surface area contributed by atoms with Crippen LogP contribution >= 0.6 is 60.4 Å². The Kier molecular flexibility index (Phi) is 16.0. The zero-order valence-corrected chi connectivity index (χ0v) is 42.4. The second kappa shape index (κ2) is 22.0. The first kappa shape index (κ1) is 52.4. The maximum absolute atomic E-state index is 14.1. The van der Waals surface area contributed by atoms with Crippen molar-refractivity contribution in [3.63, 3.8) is 0 Å². The molecule has 0 radical (unpaired) electrons. The van der Waals surface area contributed by atoms with E-state index in [4.69, 9.17) is 37.0 Å². The van der Waals surface area contributed by atoms with E-state index in [0.717, 1.165) is 6.20 Å². The first-order valence-corrected chi connectivity index (χ1v) is 27.9. The van der Waals surface area contributed by atoms with Gasteiger partial charge in [0, 0.05) is 83.1 Å². The summed E-state index contributed by atoms with van der Waals surface area (Å²) in [5, 5.41) is 16.0. The van der Waals surface area contributed by atoms with E-state index in [9.17, 15) is 53.2 Å². The molecule has 2 aliphatic rings. The van der Waals surface area contributed by atoms with Crippen LogP contribution in [-0.2, 0) is 23.5 Å². The summed E-state index contributed by atoms with van der Waals surface area (Å²) >= 11 is 12.8. The Morgan fingerprint density at radius 1 is 0.806 bits per heavy atom. The molecule has 374 valence electrons. The molecule has 5 aromatic carbocycles. The lowest BCUT2D eigenvalue weighted by molar-refractivity contribution is -0.385. The molecule has 2 aliphatic heterocycles. The summed E-state index contributed by atoms with van der Waals surface area (Å²) in [6.45, 7) is 2.03. The SMILES string of the molecule is CC(COC(=O)Nc1cc(/C=C/C(=O)N2C[C@@H](CCl)c3c2cc(OP(=O)(O)O)c2ccccc32)ccc1/C=C/C(=O)N1C[C@@H](CCl)c2c1cc(OP(=O)(O)O)c1ccccc21)SSc1ccc([N+](=O)[O-])cn1. The van der Waals surface area contributed by atoms with Crippen LogP contribution in [0.2, 0.25) is 0 Å². The standard InChI is InChI=1S/C47H41Cl2N5O14P2S2/c1-27(71-72-42-15-14-32(23-50-42)54(58)59)26-66-47(57)51-37-18-28(11-16-43(55)52-24-30(21-48)45-35-8-4-2-6-33(35)40(19-38(45)52)67-69(60,61)62)10-12-29(37)13-17-44(56)53-25-31(22-49)46-36-9-5-3-7-34(36)41(20-39(46)53)68-70(63,64)65/h2-20,23,27,30-31H,21-22,24-26H2,1H3,(H,51,57)(H2,60,61,62)(H2,63,64,65)/b16-11+,17-13+/t27?,30-,31-/m1/s1. The van der Waals surface area contributed by atoms with Gasteiger partial charge in [-0.1, -0.05) is 71.5 Å². The first-order valence-electron chi connectivity index (χ1n) is 21.5. The molecule has 0 aliphatic carbocycles. The number of halogens is 2. The van der Waals surface area contributed by atoms with Crippen LogP contribution in [-0.4, -0.2) is 84.1 Å². The minimum Gasteiger partial charge on any atom is -0.448 e. The Bertz CT molecular complexity index is 3290. The van der Waals surface area contributed by atoms with Crippen molar-refractivity contribution >= 4 is 135 Å². The van der Waals surface area contributed by atoms with Crippen molar-refractivity contribution in [2.24, 2.45) is 0 Å². The van der Waals surface area contributed by atoms with Gasteiger partial charge in [0.05, 0.1) is 22.0 Å². The number of hydrogen-bond acceptors (Lipinski definition) is 13. The normalized spacial score (nSPS) is 16.0. The number of amides is 3. The minimum absolute atomic E-state index is 0.0659. The number of carbonyl (C=O) groups excluding carboxylic acids is 3. The molecule has 0 fully saturated rings. The van der Waals surface area contributed by atoms with E-state index in [-0.39, 0.29) is 71.4 Å². The van der Waals surface area contributed by atoms with Crippen LogP contribution in [0.15, 0.2) is 114 Å². The Morgan fingerprint density at radius 2 is 1.33 bits per heavy atom. The third-order valence-corrected chi connectivity index (χ3v) is 15.8. The van der Waals surface area contributed by atoms with E-state index < -0.39 is 38.5 Å². The highest BCUT2D eigenvalue weighted by Gasteiger charge is 2.36. The number of nitrogens with one attached hydrogen (secondary N) is 1. The van der Waals surface area contributed by atoms with Crippen molar-refractivity contribution in [3.05, 3.63) is 142 Å². The van der Waals surface area contributed by atoms with Gasteiger partial charge in [-0.15, -0.1) is 23.2 Å². The molecule has 3 amide bonds. The molecule has 0 bridgehead atoms. The van der Waals surface area contributed by atoms with Gasteiger partial charge < -0.3 is 23.6 Å². The number of anilines is 3. The molecule has 0 spiro atoms. The Morgan fingerprint density at radius 3 is 1.82 bits per heavy atom. The van der Waals surface area contributed by atoms with E-state index in [1.54, 1.807) is 73.7 Å². The predicted molar refractivity (Wildman–Crippen MR) is 278 cm³/mol. The lowest BCUT2D eigenvalue weighted by Gasteiger charge is -2.18. The quantitative estimate of drug-likeness (QED) is 0.0142. The molecule has 0 saturated carbocycles. The highest BCUT2D eigenvalue weighted by molar-refractivity contribution is 8.76. The molecule has 3 atom stereocenters. The van der Waals surface area contributed by atoms with Crippen molar-refractivity contribution in [2.75, 3.05) is 46.6 Å². The Balaban J connectivity index is 1.06. The smallest absolute Gasteiger partial charge is 0.448 e. The van der Waals surface area contributed by atoms with Crippen molar-refractivity contribution < 1.29 is 61.8 Å². The number of nitro groups is 1. The number of alkyl halides is 2. The molecule has 3 heterocycles. The van der Waals surface area contributed by atoms with E-state index in [0.29, 0.717) is 60.2 Å². The van der Waals surface area contributed by atoms with Crippen molar-refractivity contribution in [1.82, 2.24) is 4.98 Å². The van der Waals surface area contributed by atoms with Gasteiger partial charge in [-0.05, 0) is 75.0 Å². The highest BCUT2D eigenvalue weighted by atomic mass is 35.5. The largest absolute Gasteiger partial charge is 0.524 e. The number of rotatable bonds is 17. The number of benzene rings is 5. The second-order valence-electron chi connectivity index (χ2n) is 16.3. The maximum atomic E-state index is 14.1. The first-order chi connectivity index (χ1) is 34.3. The average molecular weight is 1100 g/mol. The molecule has 25 heteroatoms. The molecular weight excluding hydrogens is 1060 g/mol. The van der Waals surface area contributed by atoms with Gasteiger partial charge in [-0.2, -0.15) is 0 Å². The number of ether oxygens (including phenoxy) is 1. The van der Waals surface area contributed by atoms with Crippen molar-refractivity contribution in [3.8, 4) is 11.5 Å². The van der Waals surface area contributed by atoms with E-state index in [1.165, 1.54) is 80.0 Å². The maximum Gasteiger partial charge on any atom is 0.524 e. The van der Waals surface area contributed by atoms with Gasteiger partial charge in [0.1, 0.15) is 29.3 Å². The van der Waals surface area contributed by atoms with Crippen LogP contribution in [0.5, 0.6) is 11.5 Å². The zero-order chi connectivity index (χ0) is 51.5. The van der Waals surface area contributed by atoms with Crippen LogP contribution in [0.25, 0.3) is 33.7 Å². The number of hydrogen-bond donors (Lipinski definition) is 5. The fraction of sp³-hybridized carbons (Fsp3) is 0.191. The fourth-order valence-corrected chi connectivity index (χ4v) is 11.5. The van der Waals surface area contributed by atoms with Crippen molar-refractivity contribution in [1.29, 1.82) is 0 Å². The molecular formula is C47H41Cl2N5O14P2S2. The van der Waals surface area contributed by atoms with Gasteiger partial charge in [0.2, 0.25) is 0 Å². The van der Waals surface area contributed by atoms with Gasteiger partial charge in [-0.3, -0.25) is 44.6 Å². The van der Waals surface area contributed by atoms with Crippen LogP contribution in [0.1, 0.15) is 41.0 Å². The van der Waals surface area contributed by atoms with E-state index in [2.05, 4.69) is 10.3 Å². The molecule has 6 aromatic rings. The molecule has 0 saturated heterocycles. The summed E-state index contributed by atoms with van der Waals surface area (Å²) in [5.41, 5.74) is 2.90. The number of fused-ring (bicyclic) bond motifs is 6. The number of carbonyl (C=O) groups is 3. The van der Waals surface area contributed by atoms with Gasteiger partial charge in [0.15, 0.2) is 0 Å². The third-order valence-electron chi connectivity index (χ3n) is 11.4. The lowest BCUT2D eigenvalue weighted by Crippen LogP contribution is -2.28. The van der Waals surface area contributed by atoms with E-state index in [1.807, 2.05) is 0 Å². The predicted octanol–water partition coefficient (Wildman–Crippen LogP) is 10.4. The molecule has 19 nitrogen and oxygen atoms in total. The number of phosphoric acid groups is 2. The van der Waals surface area contributed by atoms with Crippen LogP contribution in [0.3, 0.4) is 0 Å². The number of aromatic nitrogens is 1. The third kappa shape index (κ3) is 12.1. The molecule has 8 rings (SSSR count). The number of nitrogens with zero attached hydrogens (tertiary/aromatic N) is 4. The lowest BCUT2D eigenvalue weighted by atomic mass is 9.95. The number of pyridine rings is 1. The van der Waals surface area contributed by atoms with Crippen LogP contribution < -0.4 is 24.2 Å². The average Bonchev–Trinajstić information content (AvgIpc) is 3.92. The molecule has 1 aromatic heterocycles. The Labute approximate surface area is 428 Å². The summed E-state index contributed by atoms with van der Waals surface area (Å²) < 4.78 is 39.7. The topological polar surface area (TPSA) is 268 Å². The van der Waals surface area contributed by atoms with Gasteiger partial charge in [0.25, 0.3) is 17.5 Å². The fourth-order valence-electron chi connectivity index (χ4n) is 8.37. The van der Waals surface area contributed by atoms with Gasteiger partial charge >= 0.3 is 21.7 Å². The van der Waals surface area contributed by atoms with Crippen LogP contribution in [0, 0.1) is 10.1 Å². The monoisotopic (exact) mass is 1100 g/mol. The number of phosphoric ester groups is 2. The highest BCUT2D eigenvalue weighted by Crippen LogP contribution is 2.51. The second-order valence-corrected chi connectivity index (χ2v) is 21.9. The summed E-state index contributed by atoms with van der Waals surface area (Å²) in [6.07, 6.45) is 5.79. The van der Waals surface area contributed by atoms with Gasteiger partial charge in [-0.25, -0.2) is 18.9 Å². The molecule has 72 heavy (non-hydrogen) atoms. The summed E-state index contributed by atoms with van der Waals surface area (Å²) in [5.74, 6) is -1.68. The summed E-state index contributed by atoms with van der Waals surface area (Å²) in [7, 11) is -7.45. The van der Waals surface area contributed by atoms with E-state index >= 15 is 0 Å². The Hall–Kier alpha value is -5.96. The van der Waals surface area contributed by atoms with Crippen molar-refractivity contribution in [2.45, 2.75) is 29.0 Å². The molecule has 5 N–H and O–H groups in total. The summed E-state index contributed by atoms with van der Waals surface area (Å²) in [4.78, 5) is 97.7. The molecule has 1 unspecified atom stereocenters. The zero-order valence-electron chi connectivity index (χ0n) is 37.4.